The summed E-state index contributed by atoms with van der Waals surface area (Å²) in [6, 6.07) is 15.6. The number of rotatable bonds is 7. The van der Waals surface area contributed by atoms with E-state index in [1.807, 2.05) is 32.9 Å². The zero-order chi connectivity index (χ0) is 24.1. The first-order valence-corrected chi connectivity index (χ1v) is 10.9. The molecule has 0 radical (unpaired) electrons. The largest absolute Gasteiger partial charge is 0.495 e. The fraction of sp³-hybridized carbons (Fsp3) is 0.231. The van der Waals surface area contributed by atoms with Gasteiger partial charge in [-0.15, -0.1) is 0 Å². The molecule has 0 aliphatic rings. The summed E-state index contributed by atoms with van der Waals surface area (Å²) in [6.45, 7) is 7.63. The Morgan fingerprint density at radius 1 is 0.909 bits per heavy atom. The van der Waals surface area contributed by atoms with E-state index in [0.717, 1.165) is 22.4 Å². The number of aryl methyl sites for hydroxylation is 3. The summed E-state index contributed by atoms with van der Waals surface area (Å²) in [5.74, 6) is 0.475. The molecule has 2 N–H and O–H groups in total. The van der Waals surface area contributed by atoms with Crippen LogP contribution in [0.5, 0.6) is 11.5 Å². The molecule has 7 heteroatoms. The van der Waals surface area contributed by atoms with Crippen LogP contribution in [0.15, 0.2) is 54.6 Å². The number of amides is 2. The summed E-state index contributed by atoms with van der Waals surface area (Å²) < 4.78 is 10.9. The number of methoxy groups -OCH3 is 1. The van der Waals surface area contributed by atoms with Crippen LogP contribution < -0.4 is 20.1 Å². The van der Waals surface area contributed by atoms with Crippen molar-refractivity contribution in [1.29, 1.82) is 0 Å². The van der Waals surface area contributed by atoms with Gasteiger partial charge in [-0.05, 0) is 81.3 Å². The van der Waals surface area contributed by atoms with Gasteiger partial charge in [0.25, 0.3) is 11.8 Å². The topological polar surface area (TPSA) is 76.7 Å². The minimum absolute atomic E-state index is 0.247. The Morgan fingerprint density at radius 2 is 1.55 bits per heavy atom. The van der Waals surface area contributed by atoms with E-state index in [9.17, 15) is 9.59 Å². The highest BCUT2D eigenvalue weighted by Crippen LogP contribution is 2.27. The predicted octanol–water partition coefficient (Wildman–Crippen LogP) is 5.93. The van der Waals surface area contributed by atoms with Crippen molar-refractivity contribution in [3.05, 3.63) is 81.9 Å². The maximum atomic E-state index is 12.6. The summed E-state index contributed by atoms with van der Waals surface area (Å²) in [6.07, 6.45) is -0.716. The monoisotopic (exact) mass is 466 g/mol. The lowest BCUT2D eigenvalue weighted by Crippen LogP contribution is -2.30. The standard InChI is InChI=1S/C26H27ClN2O4/c1-15-12-16(2)24(17(3)13-15)29-25(30)18(4)33-21-9-6-19(7-10-21)26(31)28-20-8-11-23(32-5)22(27)14-20/h6-14,18H,1-5H3,(H,28,31)(H,29,30). The fourth-order valence-corrected chi connectivity index (χ4v) is 3.75. The molecule has 0 heterocycles. The minimum atomic E-state index is -0.716. The van der Waals surface area contributed by atoms with Crippen LogP contribution in [0.3, 0.4) is 0 Å². The van der Waals surface area contributed by atoms with E-state index in [1.165, 1.54) is 7.11 Å². The number of ether oxygens (including phenoxy) is 2. The highest BCUT2D eigenvalue weighted by molar-refractivity contribution is 6.32. The molecule has 6 nitrogen and oxygen atoms in total. The Balaban J connectivity index is 1.61. The van der Waals surface area contributed by atoms with Crippen molar-refractivity contribution in [3.63, 3.8) is 0 Å². The van der Waals surface area contributed by atoms with Gasteiger partial charge in [0, 0.05) is 16.9 Å². The molecule has 2 amide bonds. The zero-order valence-electron chi connectivity index (χ0n) is 19.3. The van der Waals surface area contributed by atoms with Crippen molar-refractivity contribution in [2.75, 3.05) is 17.7 Å². The molecule has 0 saturated carbocycles. The SMILES string of the molecule is COc1ccc(NC(=O)c2ccc(OC(C)C(=O)Nc3c(C)cc(C)cc3C)cc2)cc1Cl. The third-order valence-electron chi connectivity index (χ3n) is 5.13. The Labute approximate surface area is 198 Å². The average molecular weight is 467 g/mol. The summed E-state index contributed by atoms with van der Waals surface area (Å²) >= 11 is 6.10. The molecule has 0 fully saturated rings. The maximum Gasteiger partial charge on any atom is 0.265 e. The van der Waals surface area contributed by atoms with Gasteiger partial charge in [-0.1, -0.05) is 29.3 Å². The predicted molar refractivity (Wildman–Crippen MR) is 132 cm³/mol. The Bertz CT molecular complexity index is 1150. The van der Waals surface area contributed by atoms with Crippen LogP contribution in [0.2, 0.25) is 5.02 Å². The summed E-state index contributed by atoms with van der Waals surface area (Å²) in [5, 5.41) is 6.14. The van der Waals surface area contributed by atoms with Crippen molar-refractivity contribution < 1.29 is 19.1 Å². The van der Waals surface area contributed by atoms with E-state index in [0.29, 0.717) is 27.8 Å². The van der Waals surface area contributed by atoms with Crippen molar-refractivity contribution in [3.8, 4) is 11.5 Å². The average Bonchev–Trinajstić information content (AvgIpc) is 2.76. The van der Waals surface area contributed by atoms with Crippen LogP contribution in [-0.2, 0) is 4.79 Å². The second-order valence-corrected chi connectivity index (χ2v) is 8.26. The summed E-state index contributed by atoms with van der Waals surface area (Å²) in [7, 11) is 1.53. The van der Waals surface area contributed by atoms with E-state index < -0.39 is 6.10 Å². The summed E-state index contributed by atoms with van der Waals surface area (Å²) in [4.78, 5) is 25.2. The highest BCUT2D eigenvalue weighted by atomic mass is 35.5. The number of hydrogen-bond donors (Lipinski definition) is 2. The van der Waals surface area contributed by atoms with Gasteiger partial charge in [0.2, 0.25) is 0 Å². The second-order valence-electron chi connectivity index (χ2n) is 7.85. The number of carbonyl (C=O) groups excluding carboxylic acids is 2. The number of anilines is 2. The van der Waals surface area contributed by atoms with Gasteiger partial charge in [-0.25, -0.2) is 0 Å². The molecule has 1 atom stereocenters. The van der Waals surface area contributed by atoms with Crippen LogP contribution in [0, 0.1) is 20.8 Å². The number of benzene rings is 3. The smallest absolute Gasteiger partial charge is 0.265 e. The van der Waals surface area contributed by atoms with Crippen LogP contribution >= 0.6 is 11.6 Å². The van der Waals surface area contributed by atoms with Crippen molar-refractivity contribution in [2.45, 2.75) is 33.8 Å². The lowest BCUT2D eigenvalue weighted by Gasteiger charge is -2.18. The first-order valence-electron chi connectivity index (χ1n) is 10.5. The van der Waals surface area contributed by atoms with Crippen LogP contribution in [0.1, 0.15) is 34.0 Å². The molecule has 172 valence electrons. The van der Waals surface area contributed by atoms with Gasteiger partial charge >= 0.3 is 0 Å². The van der Waals surface area contributed by atoms with Crippen molar-refractivity contribution in [1.82, 2.24) is 0 Å². The number of halogens is 1. The van der Waals surface area contributed by atoms with Gasteiger partial charge in [0.05, 0.1) is 12.1 Å². The molecule has 0 spiro atoms. The molecule has 3 rings (SSSR count). The molecular formula is C26H27ClN2O4. The van der Waals surface area contributed by atoms with E-state index in [4.69, 9.17) is 21.1 Å². The van der Waals surface area contributed by atoms with E-state index in [2.05, 4.69) is 10.6 Å². The molecule has 0 bridgehead atoms. The second kappa shape index (κ2) is 10.4. The Morgan fingerprint density at radius 3 is 2.12 bits per heavy atom. The molecule has 0 aromatic heterocycles. The van der Waals surface area contributed by atoms with Gasteiger partial charge in [-0.2, -0.15) is 0 Å². The summed E-state index contributed by atoms with van der Waals surface area (Å²) in [5.41, 5.74) is 4.94. The van der Waals surface area contributed by atoms with Gasteiger partial charge in [-0.3, -0.25) is 9.59 Å². The maximum absolute atomic E-state index is 12.6. The van der Waals surface area contributed by atoms with Gasteiger partial charge < -0.3 is 20.1 Å². The Hall–Kier alpha value is -3.51. The molecule has 0 saturated heterocycles. The molecule has 0 aliphatic heterocycles. The third kappa shape index (κ3) is 6.05. The third-order valence-corrected chi connectivity index (χ3v) is 5.43. The van der Waals surface area contributed by atoms with Crippen LogP contribution in [0.25, 0.3) is 0 Å². The van der Waals surface area contributed by atoms with E-state index >= 15 is 0 Å². The lowest BCUT2D eigenvalue weighted by atomic mass is 10.0. The lowest BCUT2D eigenvalue weighted by molar-refractivity contribution is -0.122. The first kappa shape index (κ1) is 24.1. The molecule has 3 aromatic rings. The van der Waals surface area contributed by atoms with Gasteiger partial charge in [0.15, 0.2) is 6.10 Å². The molecule has 0 aliphatic carbocycles. The number of nitrogens with one attached hydrogen (secondary N) is 2. The molecular weight excluding hydrogens is 440 g/mol. The van der Waals surface area contributed by atoms with Gasteiger partial charge in [0.1, 0.15) is 11.5 Å². The first-order chi connectivity index (χ1) is 15.7. The normalized spacial score (nSPS) is 11.5. The van der Waals surface area contributed by atoms with Crippen LogP contribution in [0.4, 0.5) is 11.4 Å². The quantitative estimate of drug-likeness (QED) is 0.452. The number of hydrogen-bond acceptors (Lipinski definition) is 4. The Kier molecular flexibility index (Phi) is 7.61. The van der Waals surface area contributed by atoms with E-state index in [-0.39, 0.29) is 11.8 Å². The van der Waals surface area contributed by atoms with Crippen molar-refractivity contribution in [2.24, 2.45) is 0 Å². The molecule has 1 unspecified atom stereocenters. The van der Waals surface area contributed by atoms with Crippen LogP contribution in [-0.4, -0.2) is 25.0 Å². The highest BCUT2D eigenvalue weighted by Gasteiger charge is 2.17. The molecule has 3 aromatic carbocycles. The zero-order valence-corrected chi connectivity index (χ0v) is 20.0. The van der Waals surface area contributed by atoms with Crippen molar-refractivity contribution >= 4 is 34.8 Å². The fourth-order valence-electron chi connectivity index (χ4n) is 3.49. The number of carbonyl (C=O) groups is 2. The minimum Gasteiger partial charge on any atom is -0.495 e. The molecule has 33 heavy (non-hydrogen) atoms. The van der Waals surface area contributed by atoms with E-state index in [1.54, 1.807) is 49.4 Å².